The number of methoxy groups -OCH3 is 1. The van der Waals surface area contributed by atoms with Gasteiger partial charge in [-0.15, -0.1) is 0 Å². The van der Waals surface area contributed by atoms with E-state index in [-0.39, 0.29) is 23.3 Å². The number of carbonyl (C=O) groups is 1. The van der Waals surface area contributed by atoms with Gasteiger partial charge in [0.25, 0.3) is 15.9 Å². The van der Waals surface area contributed by atoms with Crippen molar-refractivity contribution >= 4 is 33.1 Å². The lowest BCUT2D eigenvalue weighted by Gasteiger charge is -2.16. The number of carbonyl (C=O) groups excluding carboxylic acids is 1. The topological polar surface area (TPSA) is 148 Å². The number of oxazole rings is 1. The molecule has 4 aromatic rings. The third kappa shape index (κ3) is 5.67. The molecule has 3 heterocycles. The van der Waals surface area contributed by atoms with Crippen LogP contribution in [0.1, 0.15) is 16.2 Å². The number of pyridine rings is 2. The zero-order valence-corrected chi connectivity index (χ0v) is 20.5. The Kier molecular flexibility index (Phi) is 7.21. The average molecular weight is 549 g/mol. The van der Waals surface area contributed by atoms with Crippen molar-refractivity contribution in [3.63, 3.8) is 0 Å². The van der Waals surface area contributed by atoms with E-state index in [0.717, 1.165) is 19.4 Å². The third-order valence-corrected chi connectivity index (χ3v) is 6.37. The lowest BCUT2D eigenvalue weighted by molar-refractivity contribution is -0.137. The van der Waals surface area contributed by atoms with Crippen LogP contribution in [0.5, 0.6) is 5.88 Å². The summed E-state index contributed by atoms with van der Waals surface area (Å²) in [6, 6.07) is 10.5. The summed E-state index contributed by atoms with van der Waals surface area (Å²) in [4.78, 5) is 23.5. The quantitative estimate of drug-likeness (QED) is 0.294. The highest BCUT2D eigenvalue weighted by Gasteiger charge is 2.33. The lowest BCUT2D eigenvalue weighted by atomic mass is 10.2. The second-order valence-electron chi connectivity index (χ2n) is 7.55. The number of sulfonamides is 1. The number of aromatic nitrogens is 3. The van der Waals surface area contributed by atoms with Crippen molar-refractivity contribution in [1.82, 2.24) is 15.0 Å². The van der Waals surface area contributed by atoms with Gasteiger partial charge in [-0.05, 0) is 12.1 Å². The molecule has 0 spiro atoms. The minimum Gasteiger partial charge on any atom is -0.480 e. The van der Waals surface area contributed by atoms with Gasteiger partial charge < -0.3 is 19.8 Å². The van der Waals surface area contributed by atoms with Crippen molar-refractivity contribution in [2.24, 2.45) is 0 Å². The average Bonchev–Trinajstić information content (AvgIpc) is 3.39. The van der Waals surface area contributed by atoms with Gasteiger partial charge in [0, 0.05) is 18.8 Å². The predicted molar refractivity (Wildman–Crippen MR) is 130 cm³/mol. The highest BCUT2D eigenvalue weighted by Crippen LogP contribution is 2.34. The van der Waals surface area contributed by atoms with E-state index in [4.69, 9.17) is 9.15 Å². The monoisotopic (exact) mass is 548 g/mol. The highest BCUT2D eigenvalue weighted by molar-refractivity contribution is 7.92. The van der Waals surface area contributed by atoms with E-state index >= 15 is 0 Å². The number of halogens is 3. The number of benzene rings is 1. The first-order valence-corrected chi connectivity index (χ1v) is 12.1. The predicted octanol–water partition coefficient (Wildman–Crippen LogP) is 4.25. The summed E-state index contributed by atoms with van der Waals surface area (Å²) in [6.07, 6.45) is -1.71. The third-order valence-electron chi connectivity index (χ3n) is 5.01. The zero-order chi connectivity index (χ0) is 27.5. The maximum atomic E-state index is 13.2. The van der Waals surface area contributed by atoms with Crippen LogP contribution in [-0.4, -0.2) is 43.4 Å². The summed E-state index contributed by atoms with van der Waals surface area (Å²) < 4.78 is 78.4. The molecule has 3 N–H and O–H groups in total. The number of nitrogens with zero attached hydrogens (tertiary/aromatic N) is 3. The van der Waals surface area contributed by atoms with Gasteiger partial charge in [0.1, 0.15) is 5.82 Å². The van der Waals surface area contributed by atoms with Crippen molar-refractivity contribution in [2.75, 3.05) is 29.5 Å². The van der Waals surface area contributed by atoms with Crippen LogP contribution in [-0.2, 0) is 16.2 Å². The van der Waals surface area contributed by atoms with E-state index in [9.17, 15) is 26.4 Å². The molecule has 0 bridgehead atoms. The largest absolute Gasteiger partial charge is 0.480 e. The smallest absolute Gasteiger partial charge is 0.417 e. The van der Waals surface area contributed by atoms with Crippen molar-refractivity contribution in [3.05, 3.63) is 72.5 Å². The summed E-state index contributed by atoms with van der Waals surface area (Å²) in [5.41, 5.74) is -1.02. The van der Waals surface area contributed by atoms with Gasteiger partial charge in [-0.1, -0.05) is 30.3 Å². The van der Waals surface area contributed by atoms with Gasteiger partial charge in [0.2, 0.25) is 5.88 Å². The Labute approximate surface area is 214 Å². The number of hydrogen-bond acceptors (Lipinski definition) is 9. The maximum Gasteiger partial charge on any atom is 0.417 e. The molecule has 4 rings (SSSR count). The summed E-state index contributed by atoms with van der Waals surface area (Å²) in [7, 11) is -2.07. The molecule has 1 aromatic carbocycles. The van der Waals surface area contributed by atoms with Gasteiger partial charge in [-0.25, -0.2) is 23.4 Å². The van der Waals surface area contributed by atoms with Crippen LogP contribution in [0.4, 0.5) is 30.4 Å². The molecule has 198 valence electrons. The van der Waals surface area contributed by atoms with Crippen LogP contribution < -0.4 is 20.1 Å². The second-order valence-corrected chi connectivity index (χ2v) is 9.21. The fraction of sp³-hybridized carbons (Fsp3) is 0.130. The molecule has 0 fully saturated rings. The lowest BCUT2D eigenvalue weighted by Crippen LogP contribution is -2.18. The van der Waals surface area contributed by atoms with Crippen LogP contribution in [0.15, 0.2) is 70.4 Å². The molecule has 15 heteroatoms. The number of hydrogen-bond donors (Lipinski definition) is 3. The van der Waals surface area contributed by atoms with Gasteiger partial charge in [-0.2, -0.15) is 13.2 Å². The molecule has 0 aliphatic heterocycles. The number of ether oxygens (including phenoxy) is 1. The fourth-order valence-corrected chi connectivity index (χ4v) is 4.45. The zero-order valence-electron chi connectivity index (χ0n) is 19.7. The standard InChI is InChI=1S/C23H19F3N6O5S/c1-27-19-16(8-14(10-28-19)23(24,25)26)32-38(34,35)18-9-15(11-29-21(18)36-2)31-20(33)22-30-12-17(37-22)13-6-4-3-5-7-13/h3-12,32H,1-2H3,(H,27,28)(H,31,33). The summed E-state index contributed by atoms with van der Waals surface area (Å²) in [5.74, 6) is -1.28. The highest BCUT2D eigenvalue weighted by atomic mass is 32.2. The van der Waals surface area contributed by atoms with E-state index in [1.807, 2.05) is 6.07 Å². The van der Waals surface area contributed by atoms with Crippen molar-refractivity contribution in [3.8, 4) is 17.2 Å². The van der Waals surface area contributed by atoms with E-state index < -0.39 is 38.3 Å². The first-order chi connectivity index (χ1) is 18.0. The molecule has 0 aliphatic carbocycles. The molecule has 0 saturated carbocycles. The molecular weight excluding hydrogens is 529 g/mol. The normalized spacial score (nSPS) is 11.6. The Morgan fingerprint density at radius 2 is 1.76 bits per heavy atom. The first kappa shape index (κ1) is 26.4. The fourth-order valence-electron chi connectivity index (χ4n) is 3.24. The molecule has 0 atom stereocenters. The number of alkyl halides is 3. The Bertz CT molecular complexity index is 1580. The van der Waals surface area contributed by atoms with E-state index in [1.165, 1.54) is 13.2 Å². The molecule has 0 aliphatic rings. The molecule has 3 aromatic heterocycles. The first-order valence-electron chi connectivity index (χ1n) is 10.7. The van der Waals surface area contributed by atoms with Gasteiger partial charge in [0.05, 0.1) is 36.4 Å². The molecule has 1 amide bonds. The Morgan fingerprint density at radius 3 is 2.42 bits per heavy atom. The molecule has 0 saturated heterocycles. The van der Waals surface area contributed by atoms with Crippen LogP contribution >= 0.6 is 0 Å². The number of rotatable bonds is 8. The van der Waals surface area contributed by atoms with E-state index in [2.05, 4.69) is 30.3 Å². The SMILES string of the molecule is CNc1ncc(C(F)(F)F)cc1NS(=O)(=O)c1cc(NC(=O)c2ncc(-c3ccccc3)o2)cnc1OC. The van der Waals surface area contributed by atoms with Gasteiger partial charge >= 0.3 is 12.1 Å². The summed E-state index contributed by atoms with van der Waals surface area (Å²) >= 11 is 0. The van der Waals surface area contributed by atoms with Crippen LogP contribution in [0.25, 0.3) is 11.3 Å². The van der Waals surface area contributed by atoms with Gasteiger partial charge in [0.15, 0.2) is 10.7 Å². The van der Waals surface area contributed by atoms with Crippen LogP contribution in [0.3, 0.4) is 0 Å². The molecule has 38 heavy (non-hydrogen) atoms. The van der Waals surface area contributed by atoms with Gasteiger partial charge in [-0.3, -0.25) is 9.52 Å². The second kappa shape index (κ2) is 10.4. The molecule has 11 nitrogen and oxygen atoms in total. The minimum atomic E-state index is -4.76. The Morgan fingerprint density at radius 1 is 1.03 bits per heavy atom. The number of nitrogens with one attached hydrogen (secondary N) is 3. The van der Waals surface area contributed by atoms with Crippen LogP contribution in [0.2, 0.25) is 0 Å². The van der Waals surface area contributed by atoms with E-state index in [0.29, 0.717) is 23.6 Å². The number of amides is 1. The molecule has 0 unspecified atom stereocenters. The van der Waals surface area contributed by atoms with E-state index in [1.54, 1.807) is 24.3 Å². The van der Waals surface area contributed by atoms with Crippen molar-refractivity contribution in [1.29, 1.82) is 0 Å². The van der Waals surface area contributed by atoms with Crippen LogP contribution in [0, 0.1) is 0 Å². The molecule has 0 radical (unpaired) electrons. The summed E-state index contributed by atoms with van der Waals surface area (Å²) in [5, 5.41) is 4.94. The number of anilines is 3. The van der Waals surface area contributed by atoms with Crippen molar-refractivity contribution in [2.45, 2.75) is 11.1 Å². The Balaban J connectivity index is 1.62. The summed E-state index contributed by atoms with van der Waals surface area (Å²) in [6.45, 7) is 0. The molecular formula is C23H19F3N6O5S. The maximum absolute atomic E-state index is 13.2. The van der Waals surface area contributed by atoms with Crippen molar-refractivity contribution < 1.29 is 35.5 Å². The Hall–Kier alpha value is -4.66. The minimum absolute atomic E-state index is 0.0772.